The van der Waals surface area contributed by atoms with E-state index < -0.39 is 17.7 Å². The van der Waals surface area contributed by atoms with E-state index >= 15 is 0 Å². The maximum absolute atomic E-state index is 12.3. The van der Waals surface area contributed by atoms with Crippen molar-refractivity contribution >= 4 is 6.09 Å². The fourth-order valence-corrected chi connectivity index (χ4v) is 2.99. The highest BCUT2D eigenvalue weighted by atomic mass is 16.6. The third-order valence-electron chi connectivity index (χ3n) is 4.07. The highest BCUT2D eigenvalue weighted by molar-refractivity contribution is 5.69. The van der Waals surface area contributed by atoms with Crippen LogP contribution in [0.25, 0.3) is 0 Å². The van der Waals surface area contributed by atoms with Crippen molar-refractivity contribution in [3.63, 3.8) is 0 Å². The molecular weight excluding hydrogens is 292 g/mol. The molecule has 5 nitrogen and oxygen atoms in total. The lowest BCUT2D eigenvalue weighted by Gasteiger charge is -2.33. The van der Waals surface area contributed by atoms with Crippen LogP contribution in [0.15, 0.2) is 30.3 Å². The molecule has 0 aliphatic carbocycles. The minimum absolute atomic E-state index is 0.274. The quantitative estimate of drug-likeness (QED) is 0.892. The normalized spacial score (nSPS) is 21.1. The molecule has 1 aromatic carbocycles. The number of hydrogen-bond acceptors (Lipinski definition) is 4. The summed E-state index contributed by atoms with van der Waals surface area (Å²) in [6, 6.07) is 9.16. The number of likely N-dealkylation sites (tertiary alicyclic amines) is 1. The van der Waals surface area contributed by atoms with Gasteiger partial charge in [-0.15, -0.1) is 0 Å². The number of benzene rings is 1. The number of hydrogen-bond donors (Lipinski definition) is 2. The Bertz CT molecular complexity index is 513. The molecule has 0 spiro atoms. The van der Waals surface area contributed by atoms with Crippen molar-refractivity contribution in [1.82, 2.24) is 4.90 Å². The standard InChI is InChI=1S/C18H28N2O3/c1-18(2,3)23-17(22)20-11-7-10-15(20)16(21)14(19)12-13-8-5-4-6-9-13/h4-6,8-9,14-16,21H,7,10-12,19H2,1-3H3/t14-,15+,16+/m1/s1. The number of nitrogens with zero attached hydrogens (tertiary/aromatic N) is 1. The number of carbonyl (C=O) groups excluding carboxylic acids is 1. The number of amides is 1. The second kappa shape index (κ2) is 7.32. The first-order chi connectivity index (χ1) is 10.8. The molecule has 0 unspecified atom stereocenters. The summed E-state index contributed by atoms with van der Waals surface area (Å²) in [6.07, 6.45) is 1.07. The molecule has 128 valence electrons. The van der Waals surface area contributed by atoms with Gasteiger partial charge >= 0.3 is 6.09 Å². The van der Waals surface area contributed by atoms with Crippen LogP contribution in [0.3, 0.4) is 0 Å². The molecule has 1 aromatic rings. The van der Waals surface area contributed by atoms with Gasteiger partial charge in [0.05, 0.1) is 12.1 Å². The zero-order valence-corrected chi connectivity index (χ0v) is 14.2. The summed E-state index contributed by atoms with van der Waals surface area (Å²) in [5, 5.41) is 10.6. The van der Waals surface area contributed by atoms with E-state index in [1.165, 1.54) is 0 Å². The van der Waals surface area contributed by atoms with Crippen LogP contribution in [-0.4, -0.2) is 46.4 Å². The first-order valence-corrected chi connectivity index (χ1v) is 8.25. The number of carbonyl (C=O) groups is 1. The van der Waals surface area contributed by atoms with E-state index in [-0.39, 0.29) is 12.1 Å². The average Bonchev–Trinajstić information content (AvgIpc) is 2.95. The van der Waals surface area contributed by atoms with Crippen molar-refractivity contribution in [1.29, 1.82) is 0 Å². The summed E-state index contributed by atoms with van der Waals surface area (Å²) >= 11 is 0. The van der Waals surface area contributed by atoms with Gasteiger partial charge in [0, 0.05) is 12.6 Å². The second-order valence-corrected chi connectivity index (χ2v) is 7.23. The fraction of sp³-hybridized carbons (Fsp3) is 0.611. The molecule has 1 aliphatic heterocycles. The molecular formula is C18H28N2O3. The van der Waals surface area contributed by atoms with E-state index in [0.717, 1.165) is 18.4 Å². The first-order valence-electron chi connectivity index (χ1n) is 8.25. The van der Waals surface area contributed by atoms with Crippen molar-refractivity contribution in [2.75, 3.05) is 6.54 Å². The van der Waals surface area contributed by atoms with Gasteiger partial charge in [0.2, 0.25) is 0 Å². The Morgan fingerprint density at radius 1 is 1.39 bits per heavy atom. The Hall–Kier alpha value is -1.59. The third kappa shape index (κ3) is 4.94. The van der Waals surface area contributed by atoms with Crippen molar-refractivity contribution in [2.45, 2.75) is 63.8 Å². The van der Waals surface area contributed by atoms with Crippen LogP contribution in [0.1, 0.15) is 39.2 Å². The lowest BCUT2D eigenvalue weighted by atomic mass is 9.96. The average molecular weight is 320 g/mol. The maximum Gasteiger partial charge on any atom is 0.410 e. The molecule has 3 N–H and O–H groups in total. The fourth-order valence-electron chi connectivity index (χ4n) is 2.99. The van der Waals surface area contributed by atoms with Crippen LogP contribution in [0, 0.1) is 0 Å². The number of aliphatic hydroxyl groups is 1. The van der Waals surface area contributed by atoms with Gasteiger partial charge < -0.3 is 20.5 Å². The predicted molar refractivity (Wildman–Crippen MR) is 90.1 cm³/mol. The third-order valence-corrected chi connectivity index (χ3v) is 4.07. The summed E-state index contributed by atoms with van der Waals surface area (Å²) in [4.78, 5) is 13.9. The smallest absolute Gasteiger partial charge is 0.410 e. The molecule has 1 heterocycles. The molecule has 1 fully saturated rings. The zero-order chi connectivity index (χ0) is 17.0. The maximum atomic E-state index is 12.3. The van der Waals surface area contributed by atoms with E-state index in [9.17, 15) is 9.90 Å². The van der Waals surface area contributed by atoms with Gasteiger partial charge in [0.1, 0.15) is 5.60 Å². The van der Waals surface area contributed by atoms with Gasteiger partial charge in [-0.1, -0.05) is 30.3 Å². The molecule has 3 atom stereocenters. The van der Waals surface area contributed by atoms with Crippen molar-refractivity contribution in [3.05, 3.63) is 35.9 Å². The highest BCUT2D eigenvalue weighted by Crippen LogP contribution is 2.25. The minimum Gasteiger partial charge on any atom is -0.444 e. The molecule has 2 rings (SSSR count). The molecule has 5 heteroatoms. The monoisotopic (exact) mass is 320 g/mol. The predicted octanol–water partition coefficient (Wildman–Crippen LogP) is 2.32. The highest BCUT2D eigenvalue weighted by Gasteiger charge is 2.38. The molecule has 1 aliphatic rings. The summed E-state index contributed by atoms with van der Waals surface area (Å²) in [6.45, 7) is 6.13. The van der Waals surface area contributed by atoms with Gasteiger partial charge in [-0.05, 0) is 45.6 Å². The molecule has 0 saturated carbocycles. The van der Waals surface area contributed by atoms with Gasteiger partial charge in [-0.3, -0.25) is 0 Å². The van der Waals surface area contributed by atoms with Crippen LogP contribution in [0.4, 0.5) is 4.79 Å². The topological polar surface area (TPSA) is 75.8 Å². The number of nitrogens with two attached hydrogens (primary N) is 1. The molecule has 0 radical (unpaired) electrons. The Kier molecular flexibility index (Phi) is 5.65. The first kappa shape index (κ1) is 17.8. The van der Waals surface area contributed by atoms with Crippen LogP contribution in [0.5, 0.6) is 0 Å². The Morgan fingerprint density at radius 3 is 2.65 bits per heavy atom. The van der Waals surface area contributed by atoms with E-state index in [1.54, 1.807) is 4.90 Å². The lowest BCUT2D eigenvalue weighted by molar-refractivity contribution is 0.000868. The minimum atomic E-state index is -0.759. The molecule has 0 aromatic heterocycles. The summed E-state index contributed by atoms with van der Waals surface area (Å²) in [5.74, 6) is 0. The van der Waals surface area contributed by atoms with E-state index in [4.69, 9.17) is 10.5 Å². The summed E-state index contributed by atoms with van der Waals surface area (Å²) < 4.78 is 5.44. The number of rotatable bonds is 4. The van der Waals surface area contributed by atoms with Crippen molar-refractivity contribution in [2.24, 2.45) is 5.73 Å². The van der Waals surface area contributed by atoms with Gasteiger partial charge in [0.15, 0.2) is 0 Å². The number of aliphatic hydroxyl groups excluding tert-OH is 1. The van der Waals surface area contributed by atoms with Crippen LogP contribution >= 0.6 is 0 Å². The summed E-state index contributed by atoms with van der Waals surface area (Å²) in [5.41, 5.74) is 6.73. The van der Waals surface area contributed by atoms with Crippen molar-refractivity contribution in [3.8, 4) is 0 Å². The lowest BCUT2D eigenvalue weighted by Crippen LogP contribution is -2.52. The van der Waals surface area contributed by atoms with Gasteiger partial charge in [0.25, 0.3) is 0 Å². The van der Waals surface area contributed by atoms with E-state index in [1.807, 2.05) is 51.1 Å². The van der Waals surface area contributed by atoms with Crippen molar-refractivity contribution < 1.29 is 14.6 Å². The molecule has 1 saturated heterocycles. The molecule has 0 bridgehead atoms. The summed E-state index contributed by atoms with van der Waals surface area (Å²) in [7, 11) is 0. The van der Waals surface area contributed by atoms with Crippen LogP contribution in [-0.2, 0) is 11.2 Å². The van der Waals surface area contributed by atoms with Gasteiger partial charge in [-0.25, -0.2) is 4.79 Å². The Morgan fingerprint density at radius 2 is 2.04 bits per heavy atom. The Balaban J connectivity index is 1.99. The van der Waals surface area contributed by atoms with Crippen LogP contribution in [0.2, 0.25) is 0 Å². The second-order valence-electron chi connectivity index (χ2n) is 7.23. The van der Waals surface area contributed by atoms with Gasteiger partial charge in [-0.2, -0.15) is 0 Å². The molecule has 1 amide bonds. The van der Waals surface area contributed by atoms with E-state index in [0.29, 0.717) is 13.0 Å². The van der Waals surface area contributed by atoms with E-state index in [2.05, 4.69) is 0 Å². The Labute approximate surface area is 138 Å². The number of ether oxygens (including phenoxy) is 1. The molecule has 23 heavy (non-hydrogen) atoms. The largest absolute Gasteiger partial charge is 0.444 e. The van der Waals surface area contributed by atoms with Crippen LogP contribution < -0.4 is 5.73 Å². The zero-order valence-electron chi connectivity index (χ0n) is 14.2. The SMILES string of the molecule is CC(C)(C)OC(=O)N1CCC[C@H]1[C@@H](O)[C@H](N)Cc1ccccc1.